The van der Waals surface area contributed by atoms with Crippen LogP contribution in [-0.2, 0) is 36.3 Å². The van der Waals surface area contributed by atoms with Gasteiger partial charge in [0, 0.05) is 22.6 Å². The molecule has 0 atom stereocenters. The van der Waals surface area contributed by atoms with Crippen molar-refractivity contribution in [2.75, 3.05) is 13.2 Å². The number of alkyl halides is 11. The van der Waals surface area contributed by atoms with Gasteiger partial charge in [0.25, 0.3) is 0 Å². The third-order valence-corrected chi connectivity index (χ3v) is 6.12. The molecule has 0 aliphatic carbocycles. The van der Waals surface area contributed by atoms with E-state index in [1.165, 1.54) is 24.3 Å². The fourth-order valence-electron chi connectivity index (χ4n) is 4.04. The van der Waals surface area contributed by atoms with Gasteiger partial charge < -0.3 is 13.9 Å². The number of benzene rings is 2. The molecule has 7 nitrogen and oxygen atoms in total. The van der Waals surface area contributed by atoms with E-state index in [-0.39, 0.29) is 22.3 Å². The molecule has 0 aliphatic heterocycles. The molecule has 3 rings (SSSR count). The van der Waals surface area contributed by atoms with E-state index < -0.39 is 67.1 Å². The molecule has 2 aromatic carbocycles. The first kappa shape index (κ1) is 38.5. The number of unbranched alkanes of at least 4 members (excludes halogenated alkanes) is 2. The second-order valence-corrected chi connectivity index (χ2v) is 10.3. The molecule has 0 spiro atoms. The van der Waals surface area contributed by atoms with Gasteiger partial charge in [0.2, 0.25) is 0 Å². The van der Waals surface area contributed by atoms with Crippen molar-refractivity contribution in [3.8, 4) is 17.1 Å². The van der Waals surface area contributed by atoms with Gasteiger partial charge in [-0.15, -0.1) is 17.6 Å². The molecule has 48 heavy (non-hydrogen) atoms. The zero-order chi connectivity index (χ0) is 36.1. The molecule has 0 aliphatic rings. The van der Waals surface area contributed by atoms with Crippen LogP contribution in [0.25, 0.3) is 22.3 Å². The van der Waals surface area contributed by atoms with E-state index in [0.717, 1.165) is 38.0 Å². The van der Waals surface area contributed by atoms with Gasteiger partial charge in [-0.25, -0.2) is 19.0 Å². The maximum Gasteiger partial charge on any atom is 0.496 e. The van der Waals surface area contributed by atoms with Gasteiger partial charge in [-0.3, -0.25) is 0 Å². The Morgan fingerprint density at radius 1 is 0.792 bits per heavy atom. The molecule has 0 saturated heterocycles. The minimum atomic E-state index is -5.96. The SMILES string of the molecule is C=C(C)C(=O)OCC(F)(F)OC(F)(F)OC(F)(F)OC(F)(F)COc1ccc2cc(-c3ccc(CCCCC)cc3C(F)(F)F)oc2c1. The molecule has 0 amide bonds. The molecule has 266 valence electrons. The van der Waals surface area contributed by atoms with Crippen molar-refractivity contribution >= 4 is 16.9 Å². The highest BCUT2D eigenvalue weighted by Crippen LogP contribution is 2.41. The number of hydrogen-bond donors (Lipinski definition) is 0. The number of carbonyl (C=O) groups is 1. The number of ether oxygens (including phenoxy) is 5. The summed E-state index contributed by atoms with van der Waals surface area (Å²) in [5.41, 5.74) is -1.41. The Kier molecular flexibility index (Phi) is 11.8. The Hall–Kier alpha value is -3.90. The molecule has 0 unspecified atom stereocenters. The largest absolute Gasteiger partial charge is 0.496 e. The van der Waals surface area contributed by atoms with E-state index in [4.69, 9.17) is 4.42 Å². The van der Waals surface area contributed by atoms with E-state index in [1.807, 2.05) is 6.92 Å². The summed E-state index contributed by atoms with van der Waals surface area (Å²) >= 11 is 0. The molecule has 0 saturated carbocycles. The molecule has 1 heterocycles. The number of rotatable bonds is 17. The fraction of sp³-hybridized carbons (Fsp3) is 0.433. The van der Waals surface area contributed by atoms with Gasteiger partial charge in [0.15, 0.2) is 13.2 Å². The quantitative estimate of drug-likeness (QED) is 0.0455. The number of fused-ring (bicyclic) bond motifs is 1. The van der Waals surface area contributed by atoms with Crippen LogP contribution in [0.4, 0.5) is 48.3 Å². The van der Waals surface area contributed by atoms with E-state index in [0.29, 0.717) is 18.4 Å². The minimum absolute atomic E-state index is 0.160. The van der Waals surface area contributed by atoms with Crippen molar-refractivity contribution in [1.82, 2.24) is 0 Å². The molecule has 18 heteroatoms. The van der Waals surface area contributed by atoms with Crippen LogP contribution >= 0.6 is 0 Å². The molecule has 0 radical (unpaired) electrons. The van der Waals surface area contributed by atoms with Gasteiger partial charge in [0.05, 0.1) is 5.56 Å². The average Bonchev–Trinajstić information content (AvgIpc) is 3.36. The van der Waals surface area contributed by atoms with Crippen molar-refractivity contribution in [2.45, 2.75) is 70.5 Å². The topological polar surface area (TPSA) is 76.4 Å². The first-order chi connectivity index (χ1) is 22.0. The highest BCUT2D eigenvalue weighted by molar-refractivity contribution is 5.87. The van der Waals surface area contributed by atoms with Crippen LogP contribution in [0.5, 0.6) is 5.75 Å². The summed E-state index contributed by atoms with van der Waals surface area (Å²) in [6.45, 7) is 1.70. The van der Waals surface area contributed by atoms with Gasteiger partial charge in [-0.1, -0.05) is 38.5 Å². The van der Waals surface area contributed by atoms with Crippen LogP contribution in [0.1, 0.15) is 44.2 Å². The molecule has 0 fully saturated rings. The second kappa shape index (κ2) is 14.7. The van der Waals surface area contributed by atoms with E-state index in [2.05, 4.69) is 30.3 Å². The molecule has 0 bridgehead atoms. The van der Waals surface area contributed by atoms with Crippen molar-refractivity contribution in [3.05, 3.63) is 65.7 Å². The predicted molar refractivity (Wildman–Crippen MR) is 144 cm³/mol. The van der Waals surface area contributed by atoms with Crippen LogP contribution in [0.3, 0.4) is 0 Å². The molecular formula is C30H27F11O7. The number of halogens is 11. The summed E-state index contributed by atoms with van der Waals surface area (Å²) in [6, 6.07) is 8.12. The normalized spacial score (nSPS) is 13.2. The van der Waals surface area contributed by atoms with Gasteiger partial charge in [-0.2, -0.15) is 30.7 Å². The molecular weight excluding hydrogens is 681 g/mol. The predicted octanol–water partition coefficient (Wildman–Crippen LogP) is 9.69. The van der Waals surface area contributed by atoms with Crippen molar-refractivity contribution in [1.29, 1.82) is 0 Å². The van der Waals surface area contributed by atoms with Crippen LogP contribution in [0.2, 0.25) is 0 Å². The number of hydrogen-bond acceptors (Lipinski definition) is 7. The minimum Gasteiger partial charge on any atom is -0.484 e. The summed E-state index contributed by atoms with van der Waals surface area (Å²) in [4.78, 5) is 11.1. The second-order valence-electron chi connectivity index (χ2n) is 10.3. The lowest BCUT2D eigenvalue weighted by Crippen LogP contribution is -2.46. The number of esters is 1. The molecule has 0 N–H and O–H groups in total. The first-order valence-electron chi connectivity index (χ1n) is 13.8. The maximum absolute atomic E-state index is 14.1. The number of furan rings is 1. The third-order valence-electron chi connectivity index (χ3n) is 6.12. The zero-order valence-corrected chi connectivity index (χ0v) is 25.0. The Bertz CT molecular complexity index is 1580. The first-order valence-corrected chi connectivity index (χ1v) is 13.8. The Labute approximate surface area is 265 Å². The maximum atomic E-state index is 14.1. The number of aryl methyl sites for hydroxylation is 1. The smallest absolute Gasteiger partial charge is 0.484 e. The highest BCUT2D eigenvalue weighted by Gasteiger charge is 2.57. The van der Waals surface area contributed by atoms with Crippen molar-refractivity contribution in [2.24, 2.45) is 0 Å². The summed E-state index contributed by atoms with van der Waals surface area (Å²) in [5.74, 6) is -2.21. The van der Waals surface area contributed by atoms with E-state index in [9.17, 15) is 53.1 Å². The monoisotopic (exact) mass is 708 g/mol. The highest BCUT2D eigenvalue weighted by atomic mass is 19.4. The van der Waals surface area contributed by atoms with E-state index >= 15 is 0 Å². The fourth-order valence-corrected chi connectivity index (χ4v) is 4.04. The Balaban J connectivity index is 1.68. The molecule has 3 aromatic rings. The molecule has 1 aromatic heterocycles. The van der Waals surface area contributed by atoms with Gasteiger partial charge in [0.1, 0.15) is 17.1 Å². The van der Waals surface area contributed by atoms with Crippen LogP contribution < -0.4 is 4.74 Å². The summed E-state index contributed by atoms with van der Waals surface area (Å²) in [7, 11) is 0. The Morgan fingerprint density at radius 2 is 1.42 bits per heavy atom. The average molecular weight is 709 g/mol. The van der Waals surface area contributed by atoms with Gasteiger partial charge in [-0.05, 0) is 49.6 Å². The summed E-state index contributed by atoms with van der Waals surface area (Å²) in [6.07, 6.45) is -24.1. The van der Waals surface area contributed by atoms with Crippen LogP contribution in [-0.4, -0.2) is 44.0 Å². The van der Waals surface area contributed by atoms with Crippen LogP contribution in [0, 0.1) is 0 Å². The zero-order valence-electron chi connectivity index (χ0n) is 25.0. The summed E-state index contributed by atoms with van der Waals surface area (Å²) in [5, 5.41) is 0.203. The lowest BCUT2D eigenvalue weighted by molar-refractivity contribution is -0.574. The third kappa shape index (κ3) is 11.4. The number of carbonyl (C=O) groups excluding carboxylic acids is 1. The van der Waals surface area contributed by atoms with Gasteiger partial charge >= 0.3 is 37.0 Å². The summed E-state index contributed by atoms with van der Waals surface area (Å²) < 4.78 is 174. The lowest BCUT2D eigenvalue weighted by Gasteiger charge is -2.27. The van der Waals surface area contributed by atoms with Crippen LogP contribution in [0.15, 0.2) is 59.0 Å². The Morgan fingerprint density at radius 3 is 2.00 bits per heavy atom. The van der Waals surface area contributed by atoms with Crippen molar-refractivity contribution in [3.63, 3.8) is 0 Å². The van der Waals surface area contributed by atoms with Crippen molar-refractivity contribution < 1.29 is 81.2 Å². The standard InChI is InChI=1S/C30H27F11O7/c1-4-5-6-7-18-8-11-21(22(12-18)28(35,36)37)24-13-19-9-10-20(14-23(19)45-24)43-15-26(31,32)46-29(38,39)48-30(40,41)47-27(33,34)16-44-25(42)17(2)3/h8-14H,2,4-7,15-16H2,1,3H3. The van der Waals surface area contributed by atoms with E-state index in [1.54, 1.807) is 0 Å². The lowest BCUT2D eigenvalue weighted by atomic mass is 9.98.